The summed E-state index contributed by atoms with van der Waals surface area (Å²) in [5, 5.41) is 20.3. The van der Waals surface area contributed by atoms with Crippen LogP contribution in [0.4, 0.5) is 11.4 Å². The van der Waals surface area contributed by atoms with Gasteiger partial charge in [0.05, 0.1) is 36.0 Å². The molecule has 0 aromatic heterocycles. The average molecular weight is 355 g/mol. The Hall–Kier alpha value is -3.93. The van der Waals surface area contributed by atoms with Crippen molar-refractivity contribution >= 4 is 23.3 Å². The Labute approximate surface area is 148 Å². The Balaban J connectivity index is 2.73. The van der Waals surface area contributed by atoms with Crippen LogP contribution in [0.25, 0.3) is 0 Å². The number of non-ortho nitro benzene ring substituents is 1. The predicted molar refractivity (Wildman–Crippen MR) is 89.6 cm³/mol. The Morgan fingerprint density at radius 2 is 1.88 bits per heavy atom. The molecule has 26 heavy (non-hydrogen) atoms. The zero-order chi connectivity index (χ0) is 19.3. The van der Waals surface area contributed by atoms with Gasteiger partial charge in [0.2, 0.25) is 0 Å². The largest absolute Gasteiger partial charge is 0.465 e. The lowest BCUT2D eigenvalue weighted by molar-refractivity contribution is -0.384. The molecule has 0 radical (unpaired) electrons. The van der Waals surface area contributed by atoms with Crippen molar-refractivity contribution in [3.05, 3.63) is 69.6 Å². The van der Waals surface area contributed by atoms with E-state index in [0.717, 1.165) is 20.3 Å². The molecule has 1 heterocycles. The molecular weight excluding hydrogens is 342 g/mol. The highest BCUT2D eigenvalue weighted by Gasteiger charge is 2.29. The molecule has 1 aliphatic rings. The Kier molecular flexibility index (Phi) is 5.49. The third-order valence-corrected chi connectivity index (χ3v) is 3.46. The molecule has 0 amide bonds. The minimum absolute atomic E-state index is 0.0589. The molecule has 1 aromatic carbocycles. The van der Waals surface area contributed by atoms with Gasteiger partial charge in [0, 0.05) is 18.3 Å². The van der Waals surface area contributed by atoms with Gasteiger partial charge in [0.1, 0.15) is 11.8 Å². The van der Waals surface area contributed by atoms with E-state index >= 15 is 0 Å². The van der Waals surface area contributed by atoms with E-state index in [4.69, 9.17) is 9.47 Å². The van der Waals surface area contributed by atoms with Crippen molar-refractivity contribution in [2.75, 3.05) is 19.1 Å². The Morgan fingerprint density at radius 3 is 2.46 bits per heavy atom. The van der Waals surface area contributed by atoms with E-state index in [9.17, 15) is 25.0 Å². The van der Waals surface area contributed by atoms with Crippen molar-refractivity contribution in [3.8, 4) is 6.07 Å². The first-order chi connectivity index (χ1) is 12.4. The molecule has 0 saturated heterocycles. The maximum absolute atomic E-state index is 12.3. The third kappa shape index (κ3) is 3.44. The maximum atomic E-state index is 12.3. The number of allylic oxidation sites excluding steroid dienone is 2. The normalized spacial score (nSPS) is 13.0. The van der Waals surface area contributed by atoms with Crippen LogP contribution in [-0.4, -0.2) is 31.1 Å². The summed E-state index contributed by atoms with van der Waals surface area (Å²) in [5.41, 5.74) is -0.448. The molecule has 0 spiro atoms. The standard InChI is InChI=1S/C17H13N3O6/c1-25-16(21)13-5-3-4-8-19(15(13)17(22)26-2)14-7-6-12(20(23)24)9-11(14)10-18/h3-9H,1-2H3. The molecule has 0 N–H and O–H groups in total. The van der Waals surface area contributed by atoms with Crippen LogP contribution < -0.4 is 4.90 Å². The number of rotatable bonds is 4. The molecule has 9 nitrogen and oxygen atoms in total. The molecule has 0 atom stereocenters. The van der Waals surface area contributed by atoms with Crippen molar-refractivity contribution in [2.45, 2.75) is 0 Å². The van der Waals surface area contributed by atoms with Gasteiger partial charge >= 0.3 is 11.9 Å². The fourth-order valence-corrected chi connectivity index (χ4v) is 2.29. The number of esters is 2. The molecule has 0 saturated carbocycles. The molecule has 0 bridgehead atoms. The van der Waals surface area contributed by atoms with Crippen LogP contribution in [0, 0.1) is 21.4 Å². The number of hydrogen-bond donors (Lipinski definition) is 0. The number of methoxy groups -OCH3 is 2. The molecule has 9 heteroatoms. The van der Waals surface area contributed by atoms with E-state index in [1.165, 1.54) is 41.5 Å². The summed E-state index contributed by atoms with van der Waals surface area (Å²) < 4.78 is 9.45. The molecule has 1 aliphatic heterocycles. The van der Waals surface area contributed by atoms with E-state index in [-0.39, 0.29) is 28.2 Å². The predicted octanol–water partition coefficient (Wildman–Crippen LogP) is 1.96. The van der Waals surface area contributed by atoms with Crippen LogP contribution in [0.3, 0.4) is 0 Å². The fraction of sp³-hybridized carbons (Fsp3) is 0.118. The van der Waals surface area contributed by atoms with Crippen LogP contribution in [0.1, 0.15) is 5.56 Å². The highest BCUT2D eigenvalue weighted by atomic mass is 16.6. The van der Waals surface area contributed by atoms with E-state index < -0.39 is 16.9 Å². The summed E-state index contributed by atoms with van der Waals surface area (Å²) in [6.07, 6.45) is 5.83. The van der Waals surface area contributed by atoms with Gasteiger partial charge < -0.3 is 14.4 Å². The second-order valence-electron chi connectivity index (χ2n) is 4.89. The van der Waals surface area contributed by atoms with Crippen molar-refractivity contribution in [1.82, 2.24) is 0 Å². The molecule has 0 fully saturated rings. The third-order valence-electron chi connectivity index (χ3n) is 3.46. The van der Waals surface area contributed by atoms with Gasteiger partial charge in [-0.05, 0) is 18.2 Å². The number of nitro groups is 1. The van der Waals surface area contributed by atoms with Gasteiger partial charge in [-0.15, -0.1) is 0 Å². The second-order valence-corrected chi connectivity index (χ2v) is 4.89. The van der Waals surface area contributed by atoms with Gasteiger partial charge in [-0.1, -0.05) is 6.08 Å². The van der Waals surface area contributed by atoms with E-state index in [2.05, 4.69) is 0 Å². The van der Waals surface area contributed by atoms with E-state index in [1.54, 1.807) is 0 Å². The zero-order valence-electron chi connectivity index (χ0n) is 13.8. The summed E-state index contributed by atoms with van der Waals surface area (Å²) in [7, 11) is 2.30. The van der Waals surface area contributed by atoms with Crippen molar-refractivity contribution < 1.29 is 24.0 Å². The quantitative estimate of drug-likeness (QED) is 0.456. The number of benzene rings is 1. The minimum atomic E-state index is -0.844. The second kappa shape index (κ2) is 7.76. The van der Waals surface area contributed by atoms with E-state index in [0.29, 0.717) is 0 Å². The molecule has 132 valence electrons. The van der Waals surface area contributed by atoms with Crippen LogP contribution in [0.5, 0.6) is 0 Å². The van der Waals surface area contributed by atoms with Gasteiger partial charge in [0.15, 0.2) is 0 Å². The van der Waals surface area contributed by atoms with Gasteiger partial charge in [-0.25, -0.2) is 9.59 Å². The monoisotopic (exact) mass is 355 g/mol. The number of carbonyl (C=O) groups is 2. The molecule has 0 unspecified atom stereocenters. The van der Waals surface area contributed by atoms with Crippen molar-refractivity contribution in [2.24, 2.45) is 0 Å². The summed E-state index contributed by atoms with van der Waals surface area (Å²) in [4.78, 5) is 35.9. The highest BCUT2D eigenvalue weighted by molar-refractivity contribution is 6.05. The average Bonchev–Trinajstić information content (AvgIpc) is 2.88. The lowest BCUT2D eigenvalue weighted by atomic mass is 10.1. The first-order valence-electron chi connectivity index (χ1n) is 7.18. The van der Waals surface area contributed by atoms with Crippen LogP contribution in [-0.2, 0) is 19.1 Å². The summed E-state index contributed by atoms with van der Waals surface area (Å²) in [5.74, 6) is -1.63. The van der Waals surface area contributed by atoms with Crippen LogP contribution in [0.2, 0.25) is 0 Å². The Bertz CT molecular complexity index is 908. The van der Waals surface area contributed by atoms with Gasteiger partial charge in [-0.3, -0.25) is 10.1 Å². The number of carbonyl (C=O) groups excluding carboxylic acids is 2. The first-order valence-corrected chi connectivity index (χ1v) is 7.18. The lowest BCUT2D eigenvalue weighted by Gasteiger charge is -2.23. The SMILES string of the molecule is COC(=O)C1=C(C(=O)OC)N(c2ccc([N+](=O)[O-])cc2C#N)C=CC=C1. The van der Waals surface area contributed by atoms with Crippen molar-refractivity contribution in [3.63, 3.8) is 0 Å². The summed E-state index contributed by atoms with van der Waals surface area (Å²) >= 11 is 0. The van der Waals surface area contributed by atoms with Crippen LogP contribution in [0.15, 0.2) is 53.9 Å². The fourth-order valence-electron chi connectivity index (χ4n) is 2.29. The number of hydrogen-bond acceptors (Lipinski definition) is 8. The first kappa shape index (κ1) is 18.4. The Morgan fingerprint density at radius 1 is 1.19 bits per heavy atom. The lowest BCUT2D eigenvalue weighted by Crippen LogP contribution is -2.27. The summed E-state index contributed by atoms with van der Waals surface area (Å²) in [6.45, 7) is 0. The maximum Gasteiger partial charge on any atom is 0.355 e. The smallest absolute Gasteiger partial charge is 0.355 e. The number of nitro benzene ring substituents is 1. The molecule has 1 aromatic rings. The van der Waals surface area contributed by atoms with E-state index in [1.807, 2.05) is 6.07 Å². The number of ether oxygens (including phenoxy) is 2. The molecular formula is C17H13N3O6. The number of anilines is 1. The molecule has 2 rings (SSSR count). The van der Waals surface area contributed by atoms with Crippen molar-refractivity contribution in [1.29, 1.82) is 5.26 Å². The zero-order valence-corrected chi connectivity index (χ0v) is 13.8. The van der Waals surface area contributed by atoms with Crippen LogP contribution >= 0.6 is 0 Å². The summed E-state index contributed by atoms with van der Waals surface area (Å²) in [6, 6.07) is 5.43. The van der Waals surface area contributed by atoms with Gasteiger partial charge in [-0.2, -0.15) is 5.26 Å². The topological polar surface area (TPSA) is 123 Å². The number of nitriles is 1. The minimum Gasteiger partial charge on any atom is -0.465 e. The number of nitrogens with zero attached hydrogens (tertiary/aromatic N) is 3. The highest BCUT2D eigenvalue weighted by Crippen LogP contribution is 2.31. The molecule has 0 aliphatic carbocycles. The van der Waals surface area contributed by atoms with Gasteiger partial charge in [0.25, 0.3) is 5.69 Å².